The predicted octanol–water partition coefficient (Wildman–Crippen LogP) is 5.62. The highest BCUT2D eigenvalue weighted by Gasteiger charge is 2.36. The minimum Gasteiger partial charge on any atom is -0.369 e. The summed E-state index contributed by atoms with van der Waals surface area (Å²) in [5, 5.41) is 3.35. The highest BCUT2D eigenvalue weighted by atomic mass is 32.2. The van der Waals surface area contributed by atoms with Gasteiger partial charge in [-0.2, -0.15) is 0 Å². The Morgan fingerprint density at radius 1 is 1.03 bits per heavy atom. The van der Waals surface area contributed by atoms with Gasteiger partial charge in [-0.25, -0.2) is 4.98 Å². The van der Waals surface area contributed by atoms with Crippen LogP contribution in [0.4, 0.5) is 5.82 Å². The maximum atomic E-state index is 13.6. The summed E-state index contributed by atoms with van der Waals surface area (Å²) < 4.78 is 1.99. The molecule has 0 bridgehead atoms. The summed E-state index contributed by atoms with van der Waals surface area (Å²) in [5.41, 5.74) is 3.74. The van der Waals surface area contributed by atoms with Crippen LogP contribution in [-0.2, 0) is 11.2 Å². The molecular formula is C29H26N4O2S2. The molecule has 0 radical (unpaired) electrons. The number of amides is 1. The number of benzene rings is 2. The van der Waals surface area contributed by atoms with E-state index in [1.54, 1.807) is 17.2 Å². The van der Waals surface area contributed by atoms with Gasteiger partial charge in [0.15, 0.2) is 0 Å². The van der Waals surface area contributed by atoms with Gasteiger partial charge in [-0.1, -0.05) is 90.7 Å². The van der Waals surface area contributed by atoms with E-state index in [9.17, 15) is 9.59 Å². The Morgan fingerprint density at radius 3 is 2.46 bits per heavy atom. The first-order chi connectivity index (χ1) is 17.9. The molecule has 1 unspecified atom stereocenters. The highest BCUT2D eigenvalue weighted by molar-refractivity contribution is 8.26. The number of nitrogens with one attached hydrogen (secondary N) is 1. The molecule has 1 aliphatic heterocycles. The number of carbonyl (C=O) groups excluding carboxylic acids is 1. The molecule has 4 aromatic rings. The number of hydrogen-bond acceptors (Lipinski definition) is 6. The Balaban J connectivity index is 1.51. The van der Waals surface area contributed by atoms with Gasteiger partial charge in [0, 0.05) is 12.7 Å². The van der Waals surface area contributed by atoms with E-state index in [1.807, 2.05) is 74.5 Å². The number of thiocarbonyl (C=S) groups is 1. The molecule has 1 amide bonds. The van der Waals surface area contributed by atoms with Gasteiger partial charge in [0.2, 0.25) is 0 Å². The molecule has 0 aliphatic carbocycles. The van der Waals surface area contributed by atoms with Gasteiger partial charge in [0.25, 0.3) is 11.5 Å². The van der Waals surface area contributed by atoms with Crippen molar-refractivity contribution >= 4 is 51.7 Å². The Kier molecular flexibility index (Phi) is 7.21. The van der Waals surface area contributed by atoms with Crippen molar-refractivity contribution in [1.82, 2.24) is 14.3 Å². The molecule has 186 valence electrons. The van der Waals surface area contributed by atoms with Crippen LogP contribution in [0.25, 0.3) is 11.7 Å². The summed E-state index contributed by atoms with van der Waals surface area (Å²) in [7, 11) is 0. The van der Waals surface area contributed by atoms with Crippen molar-refractivity contribution < 1.29 is 4.79 Å². The molecule has 2 aromatic heterocycles. The zero-order valence-electron chi connectivity index (χ0n) is 20.5. The largest absolute Gasteiger partial charge is 0.369 e. The van der Waals surface area contributed by atoms with E-state index in [-0.39, 0.29) is 17.5 Å². The van der Waals surface area contributed by atoms with E-state index >= 15 is 0 Å². The normalized spacial score (nSPS) is 15.5. The van der Waals surface area contributed by atoms with Crippen molar-refractivity contribution in [1.29, 1.82) is 0 Å². The minimum atomic E-state index is -0.239. The molecular weight excluding hydrogens is 500 g/mol. The van der Waals surface area contributed by atoms with Crippen LogP contribution in [-0.4, -0.2) is 31.1 Å². The molecule has 5 rings (SSSR count). The summed E-state index contributed by atoms with van der Waals surface area (Å²) in [6.07, 6.45) is 4.10. The standard InChI is InChI=1S/C29H26N4O2S2/c1-19-10-9-17-32-26(19)31-25(30-16-15-21-11-5-3-6-12-21)23(27(32)34)18-24-28(35)33(29(36)37-24)20(2)22-13-7-4-8-14-22/h3-14,17-18,20,30H,15-16H2,1-2H3/b24-18-. The van der Waals surface area contributed by atoms with Gasteiger partial charge in [-0.3, -0.25) is 18.9 Å². The second-order valence-corrected chi connectivity index (χ2v) is 10.5. The second kappa shape index (κ2) is 10.7. The molecule has 0 spiro atoms. The first-order valence-electron chi connectivity index (χ1n) is 12.1. The molecule has 8 heteroatoms. The minimum absolute atomic E-state index is 0.213. The van der Waals surface area contributed by atoms with E-state index in [2.05, 4.69) is 17.4 Å². The molecule has 1 aliphatic rings. The fraction of sp³-hybridized carbons (Fsp3) is 0.172. The van der Waals surface area contributed by atoms with E-state index in [4.69, 9.17) is 17.2 Å². The van der Waals surface area contributed by atoms with Gasteiger partial charge in [-0.15, -0.1) is 0 Å². The predicted molar refractivity (Wildman–Crippen MR) is 155 cm³/mol. The summed E-state index contributed by atoms with van der Waals surface area (Å²) in [5.74, 6) is 0.243. The number of anilines is 1. The van der Waals surface area contributed by atoms with Crippen LogP contribution in [0.1, 0.15) is 35.2 Å². The molecule has 1 saturated heterocycles. The lowest BCUT2D eigenvalue weighted by molar-refractivity contribution is -0.123. The maximum absolute atomic E-state index is 13.6. The lowest BCUT2D eigenvalue weighted by atomic mass is 10.1. The van der Waals surface area contributed by atoms with Gasteiger partial charge < -0.3 is 5.32 Å². The number of aryl methyl sites for hydroxylation is 1. The monoisotopic (exact) mass is 526 g/mol. The number of carbonyl (C=O) groups is 1. The number of thioether (sulfide) groups is 1. The zero-order chi connectivity index (χ0) is 25.9. The van der Waals surface area contributed by atoms with E-state index in [0.717, 1.165) is 17.5 Å². The molecule has 6 nitrogen and oxygen atoms in total. The van der Waals surface area contributed by atoms with Crippen LogP contribution in [0, 0.1) is 6.92 Å². The highest BCUT2D eigenvalue weighted by Crippen LogP contribution is 2.38. The molecule has 1 atom stereocenters. The number of hydrogen-bond donors (Lipinski definition) is 1. The summed E-state index contributed by atoms with van der Waals surface area (Å²) in [6.45, 7) is 4.46. The Hall–Kier alpha value is -3.75. The molecule has 0 saturated carbocycles. The number of fused-ring (bicyclic) bond motifs is 1. The van der Waals surface area contributed by atoms with Crippen molar-refractivity contribution in [2.75, 3.05) is 11.9 Å². The maximum Gasteiger partial charge on any atom is 0.267 e. The van der Waals surface area contributed by atoms with Crippen molar-refractivity contribution in [3.63, 3.8) is 0 Å². The Bertz CT molecular complexity index is 1570. The first kappa shape index (κ1) is 24.9. The van der Waals surface area contributed by atoms with Crippen LogP contribution in [0.3, 0.4) is 0 Å². The summed E-state index contributed by atoms with van der Waals surface area (Å²) in [4.78, 5) is 33.9. The van der Waals surface area contributed by atoms with Crippen LogP contribution >= 0.6 is 24.0 Å². The lowest BCUT2D eigenvalue weighted by Gasteiger charge is -2.23. The van der Waals surface area contributed by atoms with Gasteiger partial charge in [0.05, 0.1) is 16.5 Å². The summed E-state index contributed by atoms with van der Waals surface area (Å²) >= 11 is 6.80. The third kappa shape index (κ3) is 5.08. The Morgan fingerprint density at radius 2 is 1.73 bits per heavy atom. The zero-order valence-corrected chi connectivity index (χ0v) is 22.2. The molecule has 37 heavy (non-hydrogen) atoms. The first-order valence-corrected chi connectivity index (χ1v) is 13.3. The SMILES string of the molecule is Cc1cccn2c(=O)c(/C=C3\SC(=S)N(C(C)c4ccccc4)C3=O)c(NCCc3ccccc3)nc12. The van der Waals surface area contributed by atoms with Gasteiger partial charge in [0.1, 0.15) is 15.8 Å². The van der Waals surface area contributed by atoms with Gasteiger partial charge >= 0.3 is 0 Å². The fourth-order valence-corrected chi connectivity index (χ4v) is 5.77. The van der Waals surface area contributed by atoms with Gasteiger partial charge in [-0.05, 0) is 49.1 Å². The molecule has 1 N–H and O–H groups in total. The van der Waals surface area contributed by atoms with Crippen molar-refractivity contribution in [3.8, 4) is 0 Å². The smallest absolute Gasteiger partial charge is 0.267 e. The van der Waals surface area contributed by atoms with E-state index in [0.29, 0.717) is 32.8 Å². The van der Waals surface area contributed by atoms with Crippen molar-refractivity contribution in [3.05, 3.63) is 117 Å². The summed E-state index contributed by atoms with van der Waals surface area (Å²) in [6, 6.07) is 23.4. The van der Waals surface area contributed by atoms with E-state index < -0.39 is 0 Å². The fourth-order valence-electron chi connectivity index (χ4n) is 4.37. The van der Waals surface area contributed by atoms with Crippen LogP contribution < -0.4 is 10.9 Å². The molecule has 1 fully saturated rings. The van der Waals surface area contributed by atoms with E-state index in [1.165, 1.54) is 21.7 Å². The average Bonchev–Trinajstić information content (AvgIpc) is 3.19. The van der Waals surface area contributed by atoms with Crippen LogP contribution in [0.5, 0.6) is 0 Å². The second-order valence-electron chi connectivity index (χ2n) is 8.86. The average molecular weight is 527 g/mol. The lowest BCUT2D eigenvalue weighted by Crippen LogP contribution is -2.31. The third-order valence-corrected chi connectivity index (χ3v) is 7.73. The van der Waals surface area contributed by atoms with Crippen molar-refractivity contribution in [2.24, 2.45) is 0 Å². The number of aromatic nitrogens is 2. The number of nitrogens with zero attached hydrogens (tertiary/aromatic N) is 3. The van der Waals surface area contributed by atoms with Crippen molar-refractivity contribution in [2.45, 2.75) is 26.3 Å². The number of rotatable bonds is 7. The third-order valence-electron chi connectivity index (χ3n) is 6.40. The number of pyridine rings is 1. The van der Waals surface area contributed by atoms with Crippen LogP contribution in [0.2, 0.25) is 0 Å². The quantitative estimate of drug-likeness (QED) is 0.249. The molecule has 2 aromatic carbocycles. The Labute approximate surface area is 225 Å². The van der Waals surface area contributed by atoms with Crippen LogP contribution in [0.15, 0.2) is 88.7 Å². The molecule has 3 heterocycles. The topological polar surface area (TPSA) is 66.7 Å².